The summed E-state index contributed by atoms with van der Waals surface area (Å²) < 4.78 is 0.812. The molecular formula is C11H16BrN3O. The van der Waals surface area contributed by atoms with Gasteiger partial charge < -0.3 is 16.4 Å². The Morgan fingerprint density at radius 2 is 2.25 bits per heavy atom. The van der Waals surface area contributed by atoms with Crippen molar-refractivity contribution in [2.75, 3.05) is 17.6 Å². The van der Waals surface area contributed by atoms with E-state index < -0.39 is 0 Å². The lowest BCUT2D eigenvalue weighted by atomic mass is 10.3. The Balaban J connectivity index is 2.52. The summed E-state index contributed by atoms with van der Waals surface area (Å²) in [7, 11) is 0. The molecule has 1 aromatic rings. The van der Waals surface area contributed by atoms with Crippen LogP contribution in [0.1, 0.15) is 19.8 Å². The summed E-state index contributed by atoms with van der Waals surface area (Å²) in [4.78, 5) is 11.5. The second-order valence-electron chi connectivity index (χ2n) is 3.47. The minimum Gasteiger partial charge on any atom is -0.399 e. The number of hydrogen-bond donors (Lipinski definition) is 3. The van der Waals surface area contributed by atoms with E-state index in [4.69, 9.17) is 5.73 Å². The summed E-state index contributed by atoms with van der Waals surface area (Å²) in [6.07, 6.45) is 2.04. The molecule has 0 heterocycles. The smallest absolute Gasteiger partial charge is 0.319 e. The van der Waals surface area contributed by atoms with Crippen LogP contribution in [0.2, 0.25) is 0 Å². The first-order valence-corrected chi connectivity index (χ1v) is 6.02. The van der Waals surface area contributed by atoms with E-state index in [1.807, 2.05) is 0 Å². The van der Waals surface area contributed by atoms with Gasteiger partial charge in [0.15, 0.2) is 0 Å². The number of hydrogen-bond acceptors (Lipinski definition) is 2. The van der Waals surface area contributed by atoms with E-state index >= 15 is 0 Å². The molecular weight excluding hydrogens is 270 g/mol. The lowest BCUT2D eigenvalue weighted by Gasteiger charge is -2.09. The molecule has 0 bridgehead atoms. The predicted octanol–water partition coefficient (Wildman–Crippen LogP) is 2.95. The highest BCUT2D eigenvalue weighted by atomic mass is 79.9. The third kappa shape index (κ3) is 4.10. The van der Waals surface area contributed by atoms with E-state index in [2.05, 4.69) is 33.5 Å². The summed E-state index contributed by atoms with van der Waals surface area (Å²) in [6.45, 7) is 2.76. The maximum absolute atomic E-state index is 11.5. The van der Waals surface area contributed by atoms with Crippen LogP contribution in [0.15, 0.2) is 22.7 Å². The lowest BCUT2D eigenvalue weighted by molar-refractivity contribution is 0.252. The Morgan fingerprint density at radius 3 is 2.94 bits per heavy atom. The summed E-state index contributed by atoms with van der Waals surface area (Å²) in [5, 5.41) is 5.50. The molecule has 0 fully saturated rings. The van der Waals surface area contributed by atoms with Crippen molar-refractivity contribution >= 4 is 33.3 Å². The SMILES string of the molecule is CCCCNC(=O)Nc1cc(N)ccc1Br. The van der Waals surface area contributed by atoms with Crippen molar-refractivity contribution < 1.29 is 4.79 Å². The summed E-state index contributed by atoms with van der Waals surface area (Å²) in [6, 6.07) is 5.07. The van der Waals surface area contributed by atoms with Gasteiger partial charge in [0.25, 0.3) is 0 Å². The first kappa shape index (κ1) is 12.8. The minimum atomic E-state index is -0.209. The van der Waals surface area contributed by atoms with E-state index in [-0.39, 0.29) is 6.03 Å². The molecule has 0 unspecified atom stereocenters. The summed E-state index contributed by atoms with van der Waals surface area (Å²) >= 11 is 3.34. The Kier molecular flexibility index (Phi) is 5.11. The lowest BCUT2D eigenvalue weighted by Crippen LogP contribution is -2.29. The summed E-state index contributed by atoms with van der Waals surface area (Å²) in [5.74, 6) is 0. The Morgan fingerprint density at radius 1 is 1.50 bits per heavy atom. The van der Waals surface area contributed by atoms with E-state index in [1.165, 1.54) is 0 Å². The number of unbranched alkanes of at least 4 members (excludes halogenated alkanes) is 1. The quantitative estimate of drug-likeness (QED) is 0.588. The second kappa shape index (κ2) is 6.37. The van der Waals surface area contributed by atoms with Crippen molar-refractivity contribution in [3.63, 3.8) is 0 Å². The maximum atomic E-state index is 11.5. The zero-order valence-corrected chi connectivity index (χ0v) is 10.8. The molecule has 0 radical (unpaired) electrons. The van der Waals surface area contributed by atoms with E-state index in [9.17, 15) is 4.79 Å². The van der Waals surface area contributed by atoms with Crippen LogP contribution in [-0.2, 0) is 0 Å². The van der Waals surface area contributed by atoms with E-state index in [0.29, 0.717) is 17.9 Å². The number of rotatable bonds is 4. The van der Waals surface area contributed by atoms with Gasteiger partial charge in [-0.05, 0) is 40.5 Å². The number of carbonyl (C=O) groups excluding carboxylic acids is 1. The van der Waals surface area contributed by atoms with Gasteiger partial charge in [-0.1, -0.05) is 13.3 Å². The second-order valence-corrected chi connectivity index (χ2v) is 4.33. The molecule has 1 aromatic carbocycles. The van der Waals surface area contributed by atoms with Gasteiger partial charge in [0.2, 0.25) is 0 Å². The fourth-order valence-electron chi connectivity index (χ4n) is 1.18. The fourth-order valence-corrected chi connectivity index (χ4v) is 1.53. The zero-order chi connectivity index (χ0) is 12.0. The molecule has 88 valence electrons. The third-order valence-electron chi connectivity index (χ3n) is 2.05. The number of amides is 2. The topological polar surface area (TPSA) is 67.2 Å². The van der Waals surface area contributed by atoms with Crippen LogP contribution in [-0.4, -0.2) is 12.6 Å². The highest BCUT2D eigenvalue weighted by Crippen LogP contribution is 2.24. The summed E-state index contributed by atoms with van der Waals surface area (Å²) in [5.41, 5.74) is 6.92. The standard InChI is InChI=1S/C11H16BrN3O/c1-2-3-6-14-11(16)15-10-7-8(13)4-5-9(10)12/h4-5,7H,2-3,6,13H2,1H3,(H2,14,15,16). The molecule has 4 nitrogen and oxygen atoms in total. The van der Waals surface area contributed by atoms with Crippen molar-refractivity contribution in [1.29, 1.82) is 0 Å². The van der Waals surface area contributed by atoms with Crippen LogP contribution in [0, 0.1) is 0 Å². The number of nitrogens with one attached hydrogen (secondary N) is 2. The van der Waals surface area contributed by atoms with Crippen molar-refractivity contribution in [2.24, 2.45) is 0 Å². The highest BCUT2D eigenvalue weighted by molar-refractivity contribution is 9.10. The van der Waals surface area contributed by atoms with Gasteiger partial charge in [-0.15, -0.1) is 0 Å². The minimum absolute atomic E-state index is 0.209. The Labute approximate surface area is 104 Å². The average Bonchev–Trinajstić information content (AvgIpc) is 2.24. The molecule has 16 heavy (non-hydrogen) atoms. The molecule has 0 spiro atoms. The van der Waals surface area contributed by atoms with Gasteiger partial charge >= 0.3 is 6.03 Å². The fraction of sp³-hybridized carbons (Fsp3) is 0.364. The zero-order valence-electron chi connectivity index (χ0n) is 9.22. The molecule has 0 aliphatic heterocycles. The predicted molar refractivity (Wildman–Crippen MR) is 70.5 cm³/mol. The van der Waals surface area contributed by atoms with E-state index in [0.717, 1.165) is 17.3 Å². The Bertz CT molecular complexity index is 368. The van der Waals surface area contributed by atoms with Crippen LogP contribution in [0.5, 0.6) is 0 Å². The molecule has 0 saturated carbocycles. The normalized spacial score (nSPS) is 9.88. The van der Waals surface area contributed by atoms with Gasteiger partial charge in [0.05, 0.1) is 5.69 Å². The molecule has 0 atom stereocenters. The average molecular weight is 286 g/mol. The first-order chi connectivity index (χ1) is 7.63. The van der Waals surface area contributed by atoms with Crippen molar-refractivity contribution in [3.8, 4) is 0 Å². The van der Waals surface area contributed by atoms with Gasteiger partial charge in [-0.25, -0.2) is 4.79 Å². The third-order valence-corrected chi connectivity index (χ3v) is 2.75. The monoisotopic (exact) mass is 285 g/mol. The first-order valence-electron chi connectivity index (χ1n) is 5.23. The number of carbonyl (C=O) groups is 1. The van der Waals surface area contributed by atoms with Crippen LogP contribution >= 0.6 is 15.9 Å². The van der Waals surface area contributed by atoms with Gasteiger partial charge in [0, 0.05) is 16.7 Å². The molecule has 1 rings (SSSR count). The highest BCUT2D eigenvalue weighted by Gasteiger charge is 2.04. The van der Waals surface area contributed by atoms with Crippen LogP contribution in [0.3, 0.4) is 0 Å². The molecule has 0 saturated heterocycles. The number of urea groups is 1. The van der Waals surface area contributed by atoms with Gasteiger partial charge in [-0.2, -0.15) is 0 Å². The molecule has 0 aliphatic carbocycles. The number of anilines is 2. The van der Waals surface area contributed by atoms with E-state index in [1.54, 1.807) is 18.2 Å². The number of nitrogens with two attached hydrogens (primary N) is 1. The number of halogens is 1. The van der Waals surface area contributed by atoms with Crippen LogP contribution in [0.4, 0.5) is 16.2 Å². The largest absolute Gasteiger partial charge is 0.399 e. The van der Waals surface area contributed by atoms with Crippen molar-refractivity contribution in [3.05, 3.63) is 22.7 Å². The molecule has 0 aromatic heterocycles. The molecule has 2 amide bonds. The van der Waals surface area contributed by atoms with Crippen molar-refractivity contribution in [1.82, 2.24) is 5.32 Å². The van der Waals surface area contributed by atoms with Crippen LogP contribution < -0.4 is 16.4 Å². The molecule has 5 heteroatoms. The number of nitrogen functional groups attached to an aromatic ring is 1. The van der Waals surface area contributed by atoms with Gasteiger partial charge in [0.1, 0.15) is 0 Å². The molecule has 0 aliphatic rings. The molecule has 4 N–H and O–H groups in total. The Hall–Kier alpha value is -1.23. The van der Waals surface area contributed by atoms with Crippen LogP contribution in [0.25, 0.3) is 0 Å². The number of benzene rings is 1. The van der Waals surface area contributed by atoms with Gasteiger partial charge in [-0.3, -0.25) is 0 Å². The van der Waals surface area contributed by atoms with Crippen molar-refractivity contribution in [2.45, 2.75) is 19.8 Å². The maximum Gasteiger partial charge on any atom is 0.319 e.